The van der Waals surface area contributed by atoms with Gasteiger partial charge in [0.2, 0.25) is 5.95 Å². The summed E-state index contributed by atoms with van der Waals surface area (Å²) in [5.41, 5.74) is 2.33. The van der Waals surface area contributed by atoms with E-state index in [0.717, 1.165) is 17.6 Å². The topological polar surface area (TPSA) is 136 Å². The van der Waals surface area contributed by atoms with Crippen molar-refractivity contribution in [3.8, 4) is 0 Å². The number of nitrogens with one attached hydrogen (secondary N) is 2. The van der Waals surface area contributed by atoms with Crippen LogP contribution in [0, 0.1) is 5.41 Å². The van der Waals surface area contributed by atoms with Gasteiger partial charge >= 0.3 is 25.2 Å². The number of sulfonamides is 1. The summed E-state index contributed by atoms with van der Waals surface area (Å²) < 4.78 is 31.6. The third kappa shape index (κ3) is 6.87. The Bertz CT molecular complexity index is 1400. The minimum atomic E-state index is -3.83. The Balaban J connectivity index is 0.00000176. The van der Waals surface area contributed by atoms with Gasteiger partial charge in [0.05, 0.1) is 22.0 Å². The third-order valence-corrected chi connectivity index (χ3v) is 6.79. The van der Waals surface area contributed by atoms with Crippen molar-refractivity contribution in [3.63, 3.8) is 0 Å². The van der Waals surface area contributed by atoms with E-state index in [1.54, 1.807) is 13.0 Å². The van der Waals surface area contributed by atoms with Crippen molar-refractivity contribution >= 4 is 73.6 Å². The molecule has 0 radical (unpaired) electrons. The molecule has 1 aliphatic rings. The number of hydrogen-bond donors (Lipinski definition) is 2. The van der Waals surface area contributed by atoms with E-state index in [-0.39, 0.29) is 16.7 Å². The first kappa shape index (κ1) is 27.7. The van der Waals surface area contributed by atoms with Gasteiger partial charge in [-0.25, -0.2) is 28.1 Å². The predicted molar refractivity (Wildman–Crippen MR) is 141 cm³/mol. The number of aromatic nitrogens is 2. The van der Waals surface area contributed by atoms with Gasteiger partial charge in [-0.3, -0.25) is 5.41 Å². The molecule has 2 heterocycles. The fourth-order valence-corrected chi connectivity index (χ4v) is 4.75. The standard InChI is InChI=1S/C21H18N8O2S3.ClH.Cu/c1-14-18(19(22)29(26-14)16-6-3-2-4-7-16)20(32)33-28-25-15-8-10-17(11-9-15)34(30,31)27-21-23-12-5-13-24-21;;/h2-13,22,32H,1H3,(H,23,24,27);1H;/q;;+2/p-2/b20-18-,22-19?,28-25?;;. The maximum atomic E-state index is 12.4. The number of nitrogens with zero attached hydrogens (tertiary/aromatic N) is 6. The van der Waals surface area contributed by atoms with Crippen molar-refractivity contribution in [1.82, 2.24) is 9.97 Å². The van der Waals surface area contributed by atoms with Crippen molar-refractivity contribution in [1.29, 1.82) is 5.41 Å². The summed E-state index contributed by atoms with van der Waals surface area (Å²) in [6, 6.07) is 16.8. The molecule has 1 aliphatic heterocycles. The summed E-state index contributed by atoms with van der Waals surface area (Å²) >= 11 is 10.0. The molecule has 3 aromatic rings. The number of amidine groups is 1. The zero-order valence-corrected chi connectivity index (χ0v) is 22.5. The molecule has 0 amide bonds. The van der Waals surface area contributed by atoms with Crippen molar-refractivity contribution in [3.05, 3.63) is 82.9 Å². The number of rotatable bonds is 7. The van der Waals surface area contributed by atoms with Crippen LogP contribution in [0.5, 0.6) is 0 Å². The van der Waals surface area contributed by atoms with E-state index < -0.39 is 10.0 Å². The molecule has 0 unspecified atom stereocenters. The fourth-order valence-electron chi connectivity index (χ4n) is 2.90. The quantitative estimate of drug-likeness (QED) is 0.160. The fraction of sp³-hybridized carbons (Fsp3) is 0.0476. The van der Waals surface area contributed by atoms with Crippen LogP contribution in [0.1, 0.15) is 6.92 Å². The van der Waals surface area contributed by atoms with Gasteiger partial charge in [-0.15, -0.1) is 13.9 Å². The zero-order valence-electron chi connectivity index (χ0n) is 18.3. The Labute approximate surface area is 230 Å². The van der Waals surface area contributed by atoms with E-state index in [1.807, 2.05) is 30.3 Å². The summed E-state index contributed by atoms with van der Waals surface area (Å²) in [6.45, 7) is 1.78. The van der Waals surface area contributed by atoms with Crippen LogP contribution >= 0.6 is 22.0 Å². The Kier molecular flexibility index (Phi) is 9.93. The van der Waals surface area contributed by atoms with Crippen molar-refractivity contribution < 1.29 is 23.5 Å². The first-order valence-corrected chi connectivity index (χ1v) is 13.8. The number of hydrogen-bond acceptors (Lipinski definition) is 10. The molecule has 189 valence electrons. The van der Waals surface area contributed by atoms with Crippen LogP contribution in [0.4, 0.5) is 17.3 Å². The van der Waals surface area contributed by atoms with Crippen molar-refractivity contribution in [2.75, 3.05) is 9.73 Å². The molecule has 36 heavy (non-hydrogen) atoms. The molecule has 0 atom stereocenters. The van der Waals surface area contributed by atoms with Crippen LogP contribution < -0.4 is 9.73 Å². The first-order chi connectivity index (χ1) is 17.3. The molecular formula is C21H17ClCuN8O2S3. The maximum absolute atomic E-state index is 12.4. The monoisotopic (exact) mass is 607 g/mol. The van der Waals surface area contributed by atoms with Gasteiger partial charge in [0.15, 0.2) is 5.84 Å². The summed E-state index contributed by atoms with van der Waals surface area (Å²) in [5, 5.41) is 18.5. The molecule has 4 rings (SSSR count). The Morgan fingerprint density at radius 3 is 2.36 bits per heavy atom. The number of halogens is 1. The number of hydrazone groups is 1. The number of anilines is 2. The van der Waals surface area contributed by atoms with E-state index in [0.29, 0.717) is 21.2 Å². The van der Waals surface area contributed by atoms with E-state index >= 15 is 0 Å². The van der Waals surface area contributed by atoms with Crippen LogP contribution in [-0.4, -0.2) is 29.9 Å². The summed E-state index contributed by atoms with van der Waals surface area (Å²) in [5.74, 6) is 0.150. The molecule has 0 spiro atoms. The van der Waals surface area contributed by atoms with Crippen LogP contribution in [0.25, 0.3) is 0 Å². The van der Waals surface area contributed by atoms with Gasteiger partial charge in [0.25, 0.3) is 10.0 Å². The molecule has 2 aromatic carbocycles. The van der Waals surface area contributed by atoms with Crippen LogP contribution in [0.15, 0.2) is 102 Å². The van der Waals surface area contributed by atoms with Gasteiger partial charge < -0.3 is 12.6 Å². The summed E-state index contributed by atoms with van der Waals surface area (Å²) in [6.07, 6.45) is 2.88. The second-order valence-electron chi connectivity index (χ2n) is 6.79. The van der Waals surface area contributed by atoms with E-state index in [1.165, 1.54) is 41.7 Å². The van der Waals surface area contributed by atoms with Gasteiger partial charge in [-0.1, -0.05) is 18.2 Å². The van der Waals surface area contributed by atoms with Gasteiger partial charge in [-0.05, 0) is 49.4 Å². The second-order valence-corrected chi connectivity index (χ2v) is 9.89. The van der Waals surface area contributed by atoms with E-state index in [4.69, 9.17) is 18.0 Å². The predicted octanol–water partition coefficient (Wildman–Crippen LogP) is 5.33. The first-order valence-electron chi connectivity index (χ1n) is 9.85. The molecule has 0 aliphatic carbocycles. The Hall–Kier alpha value is -2.87. The Morgan fingerprint density at radius 2 is 1.72 bits per heavy atom. The third-order valence-electron chi connectivity index (χ3n) is 4.48. The number of para-hydroxylation sites is 1. The summed E-state index contributed by atoms with van der Waals surface area (Å²) in [7, 11) is 0.368. The molecule has 1 aromatic heterocycles. The van der Waals surface area contributed by atoms with Gasteiger partial charge in [-0.2, -0.15) is 5.10 Å². The average molecular weight is 609 g/mol. The molecule has 2 N–H and O–H groups in total. The molecule has 0 saturated heterocycles. The molecule has 0 saturated carbocycles. The van der Waals surface area contributed by atoms with Gasteiger partial charge in [0.1, 0.15) is 0 Å². The molecule has 15 heteroatoms. The second kappa shape index (κ2) is 12.9. The van der Waals surface area contributed by atoms with Gasteiger partial charge in [0, 0.05) is 29.9 Å². The zero-order chi connectivity index (χ0) is 26.1. The average Bonchev–Trinajstić information content (AvgIpc) is 3.20. The summed E-state index contributed by atoms with van der Waals surface area (Å²) in [4.78, 5) is 7.73. The molecular weight excluding hydrogens is 591 g/mol. The molecule has 10 nitrogen and oxygen atoms in total. The normalized spacial score (nSPS) is 14.8. The van der Waals surface area contributed by atoms with E-state index in [9.17, 15) is 8.42 Å². The van der Waals surface area contributed by atoms with Crippen LogP contribution in [0.2, 0.25) is 0 Å². The SMILES string of the molecule is CC1=NN(c2ccccc2)C(=N)/C1=C(/[S-])SN=Nc1ccc(S(=O)(=O)Nc2ncccn2)cc1.[Cl][Cu+]. The van der Waals surface area contributed by atoms with Crippen molar-refractivity contribution in [2.24, 2.45) is 14.7 Å². The van der Waals surface area contributed by atoms with Crippen molar-refractivity contribution in [2.45, 2.75) is 11.8 Å². The van der Waals surface area contributed by atoms with Crippen LogP contribution in [-0.2, 0) is 37.8 Å². The van der Waals surface area contributed by atoms with Crippen LogP contribution in [0.3, 0.4) is 0 Å². The molecule has 0 fully saturated rings. The van der Waals surface area contributed by atoms with E-state index in [2.05, 4.69) is 54.6 Å². The number of benzene rings is 2. The Morgan fingerprint density at radius 1 is 1.08 bits per heavy atom. The molecule has 0 bridgehead atoms. The minimum absolute atomic E-state index is 0.0178.